The van der Waals surface area contributed by atoms with Gasteiger partial charge in [-0.25, -0.2) is 4.90 Å². The summed E-state index contributed by atoms with van der Waals surface area (Å²) in [5.41, 5.74) is -0.780. The summed E-state index contributed by atoms with van der Waals surface area (Å²) >= 11 is 0. The number of carbonyl (C=O) groups is 3. The van der Waals surface area contributed by atoms with Crippen LogP contribution in [0.3, 0.4) is 0 Å². The average Bonchev–Trinajstić information content (AvgIpc) is 3.28. The first-order chi connectivity index (χ1) is 16.2. The van der Waals surface area contributed by atoms with Crippen molar-refractivity contribution in [1.82, 2.24) is 5.32 Å². The Labute approximate surface area is 197 Å². The summed E-state index contributed by atoms with van der Waals surface area (Å²) in [5.74, 6) is -4.35. The van der Waals surface area contributed by atoms with Crippen LogP contribution in [-0.4, -0.2) is 47.8 Å². The number of phenolic OH excluding ortho intramolecular Hbond substituents is 1. The van der Waals surface area contributed by atoms with Gasteiger partial charge in [0, 0.05) is 6.04 Å². The molecule has 0 aliphatic carbocycles. The summed E-state index contributed by atoms with van der Waals surface area (Å²) in [5, 5.41) is 23.9. The molecule has 2 saturated heterocycles. The van der Waals surface area contributed by atoms with E-state index in [-0.39, 0.29) is 29.6 Å². The van der Waals surface area contributed by atoms with Crippen molar-refractivity contribution < 1.29 is 34.1 Å². The number of rotatable bonds is 7. The van der Waals surface area contributed by atoms with Crippen LogP contribution in [0.2, 0.25) is 0 Å². The summed E-state index contributed by atoms with van der Waals surface area (Å²) in [7, 11) is 2.76. The topological polar surface area (TPSA) is 125 Å². The van der Waals surface area contributed by atoms with Gasteiger partial charge in [-0.3, -0.25) is 19.7 Å². The number of aromatic hydroxyl groups is 1. The van der Waals surface area contributed by atoms with Gasteiger partial charge in [-0.05, 0) is 42.2 Å². The first kappa shape index (κ1) is 23.6. The molecule has 3 N–H and O–H groups in total. The number of imide groups is 1. The molecule has 34 heavy (non-hydrogen) atoms. The van der Waals surface area contributed by atoms with Crippen molar-refractivity contribution in [2.24, 2.45) is 17.8 Å². The Morgan fingerprint density at radius 3 is 2.18 bits per heavy atom. The quantitative estimate of drug-likeness (QED) is 0.530. The normalized spacial score (nSPS) is 26.1. The standard InChI is InChI=1S/C25H28N2O7/c1-13(2)12-25(24(31)32)19-18(22(29)27(23(19)30)15-8-6-5-7-9-15)20(26-25)14-10-16(33-3)21(28)17(11-14)34-4/h5-11,13,18-20,26,28H,12H2,1-4H3,(H,31,32). The second-order valence-corrected chi connectivity index (χ2v) is 9.12. The maximum absolute atomic E-state index is 13.7. The Morgan fingerprint density at radius 1 is 1.09 bits per heavy atom. The Hall–Kier alpha value is -3.59. The molecule has 9 nitrogen and oxygen atoms in total. The Kier molecular flexibility index (Phi) is 5.99. The SMILES string of the molecule is COc1cc(C2NC(CC(C)C)(C(=O)O)C3C(=O)N(c4ccccc4)C(=O)C23)cc(OC)c1O. The van der Waals surface area contributed by atoms with E-state index in [2.05, 4.69) is 5.32 Å². The molecule has 0 bridgehead atoms. The number of para-hydroxylation sites is 1. The second-order valence-electron chi connectivity index (χ2n) is 9.12. The van der Waals surface area contributed by atoms with Crippen LogP contribution in [0.25, 0.3) is 0 Å². The number of fused-ring (bicyclic) bond motifs is 1. The summed E-state index contributed by atoms with van der Waals surface area (Å²) in [6.45, 7) is 3.75. The molecule has 2 fully saturated rings. The third-order valence-electron chi connectivity index (χ3n) is 6.64. The molecule has 0 spiro atoms. The molecule has 9 heteroatoms. The van der Waals surface area contributed by atoms with Gasteiger partial charge in [-0.15, -0.1) is 0 Å². The molecule has 2 heterocycles. The van der Waals surface area contributed by atoms with Crippen LogP contribution in [0, 0.1) is 17.8 Å². The minimum Gasteiger partial charge on any atom is -0.502 e. The van der Waals surface area contributed by atoms with E-state index in [9.17, 15) is 24.6 Å². The minimum absolute atomic E-state index is 0.0689. The van der Waals surface area contributed by atoms with Crippen molar-refractivity contribution in [3.8, 4) is 17.2 Å². The van der Waals surface area contributed by atoms with E-state index in [1.807, 2.05) is 13.8 Å². The smallest absolute Gasteiger partial charge is 0.324 e. The van der Waals surface area contributed by atoms with E-state index >= 15 is 0 Å². The molecule has 0 aromatic heterocycles. The van der Waals surface area contributed by atoms with Gasteiger partial charge in [0.05, 0.1) is 31.7 Å². The maximum Gasteiger partial charge on any atom is 0.324 e. The third kappa shape index (κ3) is 3.47. The Balaban J connectivity index is 1.91. The number of amides is 2. The summed E-state index contributed by atoms with van der Waals surface area (Å²) in [6, 6.07) is 10.7. The lowest BCUT2D eigenvalue weighted by Gasteiger charge is -2.32. The molecule has 2 aliphatic heterocycles. The van der Waals surface area contributed by atoms with E-state index in [0.29, 0.717) is 11.3 Å². The van der Waals surface area contributed by atoms with Gasteiger partial charge in [-0.1, -0.05) is 32.0 Å². The molecule has 180 valence electrons. The van der Waals surface area contributed by atoms with Crippen LogP contribution in [0.1, 0.15) is 31.9 Å². The molecular weight excluding hydrogens is 440 g/mol. The number of phenols is 1. The zero-order valence-corrected chi connectivity index (χ0v) is 19.4. The predicted molar refractivity (Wildman–Crippen MR) is 123 cm³/mol. The summed E-state index contributed by atoms with van der Waals surface area (Å²) in [4.78, 5) is 41.2. The highest BCUT2D eigenvalue weighted by molar-refractivity contribution is 6.24. The highest BCUT2D eigenvalue weighted by Gasteiger charge is 2.68. The lowest BCUT2D eigenvalue weighted by molar-refractivity contribution is -0.149. The molecule has 4 atom stereocenters. The van der Waals surface area contributed by atoms with E-state index in [4.69, 9.17) is 9.47 Å². The van der Waals surface area contributed by atoms with Crippen molar-refractivity contribution in [2.45, 2.75) is 31.8 Å². The molecule has 2 aromatic rings. The van der Waals surface area contributed by atoms with Crippen LogP contribution in [-0.2, 0) is 14.4 Å². The fraction of sp³-hybridized carbons (Fsp3) is 0.400. The van der Waals surface area contributed by atoms with E-state index < -0.39 is 41.2 Å². The van der Waals surface area contributed by atoms with Crippen molar-refractivity contribution in [1.29, 1.82) is 0 Å². The van der Waals surface area contributed by atoms with Gasteiger partial charge in [0.2, 0.25) is 17.6 Å². The number of hydrogen-bond donors (Lipinski definition) is 3. The number of anilines is 1. The summed E-state index contributed by atoms with van der Waals surface area (Å²) < 4.78 is 10.5. The van der Waals surface area contributed by atoms with Crippen molar-refractivity contribution in [3.63, 3.8) is 0 Å². The lowest BCUT2D eigenvalue weighted by Crippen LogP contribution is -2.56. The molecule has 0 radical (unpaired) electrons. The van der Waals surface area contributed by atoms with E-state index in [1.165, 1.54) is 26.4 Å². The fourth-order valence-corrected chi connectivity index (χ4v) is 5.33. The van der Waals surface area contributed by atoms with Crippen LogP contribution in [0.15, 0.2) is 42.5 Å². The highest BCUT2D eigenvalue weighted by Crippen LogP contribution is 2.53. The van der Waals surface area contributed by atoms with Crippen molar-refractivity contribution in [2.75, 3.05) is 19.1 Å². The van der Waals surface area contributed by atoms with E-state index in [0.717, 1.165) is 4.90 Å². The number of carbonyl (C=O) groups excluding carboxylic acids is 2. The number of carboxylic acids is 1. The molecule has 0 saturated carbocycles. The number of methoxy groups -OCH3 is 2. The molecule has 2 aromatic carbocycles. The van der Waals surface area contributed by atoms with Crippen molar-refractivity contribution in [3.05, 3.63) is 48.0 Å². The van der Waals surface area contributed by atoms with Gasteiger partial charge in [0.25, 0.3) is 0 Å². The highest BCUT2D eigenvalue weighted by atomic mass is 16.5. The number of aliphatic carboxylic acids is 1. The first-order valence-electron chi connectivity index (χ1n) is 11.0. The van der Waals surface area contributed by atoms with Crippen molar-refractivity contribution >= 4 is 23.5 Å². The van der Waals surface area contributed by atoms with Gasteiger partial charge in [0.1, 0.15) is 5.54 Å². The van der Waals surface area contributed by atoms with Crippen LogP contribution in [0.5, 0.6) is 17.2 Å². The average molecular weight is 469 g/mol. The molecule has 2 aliphatic rings. The van der Waals surface area contributed by atoms with Gasteiger partial charge >= 0.3 is 5.97 Å². The van der Waals surface area contributed by atoms with Crippen LogP contribution >= 0.6 is 0 Å². The number of ether oxygens (including phenoxy) is 2. The zero-order valence-electron chi connectivity index (χ0n) is 19.4. The lowest BCUT2D eigenvalue weighted by atomic mass is 9.75. The third-order valence-corrected chi connectivity index (χ3v) is 6.64. The Bertz CT molecular complexity index is 1110. The number of nitrogens with zero attached hydrogens (tertiary/aromatic N) is 1. The monoisotopic (exact) mass is 468 g/mol. The van der Waals surface area contributed by atoms with Crippen LogP contribution < -0.4 is 19.7 Å². The van der Waals surface area contributed by atoms with Crippen LogP contribution in [0.4, 0.5) is 5.69 Å². The summed E-state index contributed by atoms with van der Waals surface area (Å²) in [6.07, 6.45) is 0.147. The number of carboxylic acid groups (broad SMARTS) is 1. The minimum atomic E-state index is -1.65. The number of hydrogen-bond acceptors (Lipinski definition) is 7. The van der Waals surface area contributed by atoms with Gasteiger partial charge < -0.3 is 19.7 Å². The van der Waals surface area contributed by atoms with Gasteiger partial charge in [0.15, 0.2) is 11.5 Å². The second kappa shape index (κ2) is 8.64. The Morgan fingerprint density at radius 2 is 1.68 bits per heavy atom. The predicted octanol–water partition coefficient (Wildman–Crippen LogP) is 2.73. The molecule has 2 amide bonds. The zero-order chi connectivity index (χ0) is 24.8. The molecule has 4 rings (SSSR count). The molecule has 4 unspecified atom stereocenters. The van der Waals surface area contributed by atoms with E-state index in [1.54, 1.807) is 30.3 Å². The number of benzene rings is 2. The molecular formula is C25H28N2O7. The number of nitrogens with one attached hydrogen (secondary N) is 1. The maximum atomic E-state index is 13.7. The first-order valence-corrected chi connectivity index (χ1v) is 11.0. The fourth-order valence-electron chi connectivity index (χ4n) is 5.33. The van der Waals surface area contributed by atoms with Gasteiger partial charge in [-0.2, -0.15) is 0 Å². The largest absolute Gasteiger partial charge is 0.502 e.